The van der Waals surface area contributed by atoms with E-state index in [9.17, 15) is 0 Å². The minimum Gasteiger partial charge on any atom is -0.495 e. The monoisotopic (exact) mass is 333 g/mol. The van der Waals surface area contributed by atoms with Gasteiger partial charge in [0.25, 0.3) is 0 Å². The highest BCUT2D eigenvalue weighted by Gasteiger charge is 2.01. The van der Waals surface area contributed by atoms with E-state index in [1.165, 1.54) is 12.0 Å². The molecule has 0 bridgehead atoms. The van der Waals surface area contributed by atoms with Crippen molar-refractivity contribution >= 4 is 21.6 Å². The summed E-state index contributed by atoms with van der Waals surface area (Å²) in [5.74, 6) is 0.860. The van der Waals surface area contributed by atoms with E-state index >= 15 is 0 Å². The Morgan fingerprint density at radius 1 is 1.05 bits per heavy atom. The van der Waals surface area contributed by atoms with Crippen LogP contribution in [-0.2, 0) is 6.42 Å². The lowest BCUT2D eigenvalue weighted by molar-refractivity contribution is 0.412. The number of hydrogen-bond donors (Lipinski definition) is 1. The number of anilines is 1. The summed E-state index contributed by atoms with van der Waals surface area (Å²) in [4.78, 5) is 0. The summed E-state index contributed by atoms with van der Waals surface area (Å²) >= 11 is 3.46. The first-order valence-corrected chi connectivity index (χ1v) is 7.70. The van der Waals surface area contributed by atoms with Crippen LogP contribution in [-0.4, -0.2) is 13.7 Å². The van der Waals surface area contributed by atoms with Crippen LogP contribution >= 0.6 is 15.9 Å². The van der Waals surface area contributed by atoms with Crippen molar-refractivity contribution in [3.05, 3.63) is 58.6 Å². The van der Waals surface area contributed by atoms with Crippen molar-refractivity contribution in [2.24, 2.45) is 0 Å². The zero-order chi connectivity index (χ0) is 14.2. The molecule has 0 spiro atoms. The predicted octanol–water partition coefficient (Wildman–Crippen LogP) is 4.89. The van der Waals surface area contributed by atoms with Crippen LogP contribution < -0.4 is 10.1 Å². The fourth-order valence-electron chi connectivity index (χ4n) is 2.10. The molecule has 0 aliphatic rings. The molecule has 0 heterocycles. The van der Waals surface area contributed by atoms with Crippen molar-refractivity contribution in [3.8, 4) is 5.75 Å². The molecule has 2 rings (SSSR count). The van der Waals surface area contributed by atoms with Crippen LogP contribution in [0.15, 0.2) is 53.0 Å². The Hall–Kier alpha value is -1.48. The van der Waals surface area contributed by atoms with Gasteiger partial charge in [-0.15, -0.1) is 0 Å². The molecule has 2 aromatic rings. The second-order valence-corrected chi connectivity index (χ2v) is 5.57. The van der Waals surface area contributed by atoms with E-state index in [4.69, 9.17) is 4.74 Å². The van der Waals surface area contributed by atoms with Gasteiger partial charge >= 0.3 is 0 Å². The second kappa shape index (κ2) is 7.95. The Labute approximate surface area is 129 Å². The quantitative estimate of drug-likeness (QED) is 0.728. The molecule has 0 saturated carbocycles. The lowest BCUT2D eigenvalue weighted by Crippen LogP contribution is -2.02. The first kappa shape index (κ1) is 14.9. The van der Waals surface area contributed by atoms with Gasteiger partial charge < -0.3 is 10.1 Å². The zero-order valence-corrected chi connectivity index (χ0v) is 13.3. The standard InChI is InChI=1S/C17H20BrNO/c1-20-17-13-15(10-11-16(17)18)19-12-6-5-9-14-7-3-2-4-8-14/h2-4,7-8,10-11,13,19H,5-6,9,12H2,1H3. The van der Waals surface area contributed by atoms with Gasteiger partial charge in [0, 0.05) is 18.3 Å². The van der Waals surface area contributed by atoms with Crippen LogP contribution in [0.25, 0.3) is 0 Å². The maximum atomic E-state index is 5.28. The van der Waals surface area contributed by atoms with Gasteiger partial charge in [0.2, 0.25) is 0 Å². The molecule has 1 N–H and O–H groups in total. The third kappa shape index (κ3) is 4.57. The molecule has 106 valence electrons. The first-order chi connectivity index (χ1) is 9.79. The maximum Gasteiger partial charge on any atom is 0.135 e. The highest BCUT2D eigenvalue weighted by molar-refractivity contribution is 9.10. The number of unbranched alkanes of at least 4 members (excludes halogenated alkanes) is 1. The molecule has 0 atom stereocenters. The summed E-state index contributed by atoms with van der Waals surface area (Å²) in [7, 11) is 1.68. The third-order valence-electron chi connectivity index (χ3n) is 3.22. The van der Waals surface area contributed by atoms with Gasteiger partial charge in [-0.05, 0) is 52.9 Å². The average Bonchev–Trinajstić information content (AvgIpc) is 2.49. The minimum absolute atomic E-state index is 0.860. The van der Waals surface area contributed by atoms with Gasteiger partial charge in [0.15, 0.2) is 0 Å². The number of aryl methyl sites for hydroxylation is 1. The van der Waals surface area contributed by atoms with Gasteiger partial charge in [-0.2, -0.15) is 0 Å². The van der Waals surface area contributed by atoms with E-state index in [1.54, 1.807) is 7.11 Å². The zero-order valence-electron chi connectivity index (χ0n) is 11.7. The first-order valence-electron chi connectivity index (χ1n) is 6.91. The van der Waals surface area contributed by atoms with Gasteiger partial charge in [-0.1, -0.05) is 30.3 Å². The molecular formula is C17H20BrNO. The smallest absolute Gasteiger partial charge is 0.135 e. The molecule has 20 heavy (non-hydrogen) atoms. The molecule has 0 aliphatic carbocycles. The van der Waals surface area contributed by atoms with Gasteiger partial charge in [-0.25, -0.2) is 0 Å². The van der Waals surface area contributed by atoms with Crippen molar-refractivity contribution < 1.29 is 4.74 Å². The Balaban J connectivity index is 1.71. The molecule has 0 radical (unpaired) electrons. The third-order valence-corrected chi connectivity index (χ3v) is 3.87. The van der Waals surface area contributed by atoms with Crippen LogP contribution in [0.2, 0.25) is 0 Å². The molecule has 2 nitrogen and oxygen atoms in total. The predicted molar refractivity (Wildman–Crippen MR) is 88.6 cm³/mol. The number of rotatable bonds is 7. The van der Waals surface area contributed by atoms with E-state index in [0.717, 1.165) is 35.3 Å². The van der Waals surface area contributed by atoms with Gasteiger partial charge in [-0.3, -0.25) is 0 Å². The van der Waals surface area contributed by atoms with Crippen molar-refractivity contribution in [2.75, 3.05) is 19.0 Å². The number of nitrogens with one attached hydrogen (secondary N) is 1. The molecular weight excluding hydrogens is 314 g/mol. The summed E-state index contributed by atoms with van der Waals surface area (Å²) in [5.41, 5.74) is 2.52. The summed E-state index contributed by atoms with van der Waals surface area (Å²) in [6.07, 6.45) is 3.50. The molecule has 2 aromatic carbocycles. The number of benzene rings is 2. The van der Waals surface area contributed by atoms with Crippen molar-refractivity contribution in [3.63, 3.8) is 0 Å². The molecule has 0 aromatic heterocycles. The molecule has 0 amide bonds. The fraction of sp³-hybridized carbons (Fsp3) is 0.294. The van der Waals surface area contributed by atoms with Crippen molar-refractivity contribution in [1.82, 2.24) is 0 Å². The van der Waals surface area contributed by atoms with Crippen LogP contribution in [0.1, 0.15) is 18.4 Å². The second-order valence-electron chi connectivity index (χ2n) is 4.72. The summed E-state index contributed by atoms with van der Waals surface area (Å²) in [6, 6.07) is 16.7. The highest BCUT2D eigenvalue weighted by atomic mass is 79.9. The fourth-order valence-corrected chi connectivity index (χ4v) is 2.51. The molecule has 0 saturated heterocycles. The highest BCUT2D eigenvalue weighted by Crippen LogP contribution is 2.27. The Morgan fingerprint density at radius 3 is 2.60 bits per heavy atom. The van der Waals surface area contributed by atoms with Crippen molar-refractivity contribution in [2.45, 2.75) is 19.3 Å². The summed E-state index contributed by atoms with van der Waals surface area (Å²) in [6.45, 7) is 0.984. The minimum atomic E-state index is 0.860. The molecule has 0 unspecified atom stereocenters. The number of hydrogen-bond acceptors (Lipinski definition) is 2. The van der Waals surface area contributed by atoms with Crippen molar-refractivity contribution in [1.29, 1.82) is 0 Å². The lowest BCUT2D eigenvalue weighted by Gasteiger charge is -2.09. The average molecular weight is 334 g/mol. The number of halogens is 1. The van der Waals surface area contributed by atoms with Crippen LogP contribution in [0.5, 0.6) is 5.75 Å². The SMILES string of the molecule is COc1cc(NCCCCc2ccccc2)ccc1Br. The molecule has 0 aliphatic heterocycles. The van der Waals surface area contributed by atoms with Crippen LogP contribution in [0.3, 0.4) is 0 Å². The Bertz CT molecular complexity index is 528. The summed E-state index contributed by atoms with van der Waals surface area (Å²) < 4.78 is 6.27. The van der Waals surface area contributed by atoms with E-state index in [0.29, 0.717) is 0 Å². The van der Waals surface area contributed by atoms with E-state index in [-0.39, 0.29) is 0 Å². The Morgan fingerprint density at radius 2 is 1.85 bits per heavy atom. The van der Waals surface area contributed by atoms with Crippen LogP contribution in [0, 0.1) is 0 Å². The topological polar surface area (TPSA) is 21.3 Å². The van der Waals surface area contributed by atoms with E-state index < -0.39 is 0 Å². The molecule has 0 fully saturated rings. The van der Waals surface area contributed by atoms with Gasteiger partial charge in [0.1, 0.15) is 5.75 Å². The van der Waals surface area contributed by atoms with Crippen LogP contribution in [0.4, 0.5) is 5.69 Å². The largest absolute Gasteiger partial charge is 0.495 e. The normalized spacial score (nSPS) is 10.3. The Kier molecular flexibility index (Phi) is 5.93. The number of methoxy groups -OCH3 is 1. The maximum absolute atomic E-state index is 5.28. The van der Waals surface area contributed by atoms with E-state index in [2.05, 4.69) is 57.6 Å². The molecule has 3 heteroatoms. The van der Waals surface area contributed by atoms with Gasteiger partial charge in [0.05, 0.1) is 11.6 Å². The summed E-state index contributed by atoms with van der Waals surface area (Å²) in [5, 5.41) is 3.43. The van der Waals surface area contributed by atoms with E-state index in [1.807, 2.05) is 12.1 Å². The lowest BCUT2D eigenvalue weighted by atomic mass is 10.1. The number of ether oxygens (including phenoxy) is 1.